The number of hydrogen-bond acceptors (Lipinski definition) is 6. The lowest BCUT2D eigenvalue weighted by Gasteiger charge is -2.25. The molecule has 1 aromatic heterocycles. The van der Waals surface area contributed by atoms with Gasteiger partial charge in [0.1, 0.15) is 5.69 Å². The zero-order valence-electron chi connectivity index (χ0n) is 19.8. The van der Waals surface area contributed by atoms with E-state index in [1.54, 1.807) is 4.90 Å². The fourth-order valence-electron chi connectivity index (χ4n) is 4.10. The zero-order chi connectivity index (χ0) is 25.5. The van der Waals surface area contributed by atoms with E-state index in [1.807, 2.05) is 54.6 Å². The lowest BCUT2D eigenvalue weighted by Crippen LogP contribution is -2.47. The molecular weight excluding hydrogens is 462 g/mol. The number of H-pyrrole nitrogens is 1. The van der Waals surface area contributed by atoms with Gasteiger partial charge in [-0.25, -0.2) is 9.80 Å². The first kappa shape index (κ1) is 25.1. The summed E-state index contributed by atoms with van der Waals surface area (Å²) in [5.74, 6) is -2.23. The van der Waals surface area contributed by atoms with E-state index in [-0.39, 0.29) is 30.4 Å². The summed E-state index contributed by atoms with van der Waals surface area (Å²) in [6, 6.07) is 18.9. The first-order valence-electron chi connectivity index (χ1n) is 11.9. The average Bonchev–Trinajstić information content (AvgIpc) is 3.40. The molecule has 0 bridgehead atoms. The fraction of sp³-hybridized carbons (Fsp3) is 0.308. The molecular formula is C26H29N5O5. The third-order valence-electron chi connectivity index (χ3n) is 6.06. The van der Waals surface area contributed by atoms with Crippen molar-refractivity contribution < 1.29 is 24.6 Å². The van der Waals surface area contributed by atoms with Crippen molar-refractivity contribution >= 4 is 17.8 Å². The Balaban J connectivity index is 1.44. The smallest absolute Gasteiger partial charge is 0.333 e. The molecule has 10 nitrogen and oxygen atoms in total. The minimum atomic E-state index is -1.70. The standard InChI is InChI=1S/C26H29N5O5/c32-23(26(35)36)17-31(16-18-9-11-20(12-10-18)19-7-3-1-4-8-19)29-24(33)21-15-22(28-27-21)25(34)30-13-5-2-6-14-30/h1,3-4,7-12,15,23,32H,2,5-6,13-14,16-17H2,(H,27,28)(H,29,33)(H,35,36)/t23-/m1/s1. The van der Waals surface area contributed by atoms with Crippen LogP contribution in [0.1, 0.15) is 45.8 Å². The number of aromatic nitrogens is 2. The van der Waals surface area contributed by atoms with E-state index in [4.69, 9.17) is 5.11 Å². The number of carboxylic acid groups (broad SMARTS) is 1. The van der Waals surface area contributed by atoms with Gasteiger partial charge in [-0.1, -0.05) is 54.6 Å². The Morgan fingerprint density at radius 3 is 2.33 bits per heavy atom. The van der Waals surface area contributed by atoms with Crippen molar-refractivity contribution in [1.29, 1.82) is 0 Å². The molecule has 1 atom stereocenters. The summed E-state index contributed by atoms with van der Waals surface area (Å²) in [6.45, 7) is 1.14. The van der Waals surface area contributed by atoms with Crippen LogP contribution in [0, 0.1) is 0 Å². The van der Waals surface area contributed by atoms with Crippen molar-refractivity contribution in [3.63, 3.8) is 0 Å². The number of rotatable bonds is 9. The van der Waals surface area contributed by atoms with Gasteiger partial charge in [0.05, 0.1) is 6.54 Å². The van der Waals surface area contributed by atoms with E-state index < -0.39 is 18.0 Å². The van der Waals surface area contributed by atoms with Crippen LogP contribution in [-0.2, 0) is 11.3 Å². The Morgan fingerprint density at radius 2 is 1.67 bits per heavy atom. The summed E-state index contributed by atoms with van der Waals surface area (Å²) in [5, 5.41) is 27.0. The predicted octanol–water partition coefficient (Wildman–Crippen LogP) is 2.30. The monoisotopic (exact) mass is 491 g/mol. The zero-order valence-corrected chi connectivity index (χ0v) is 19.8. The Morgan fingerprint density at radius 1 is 1.00 bits per heavy atom. The molecule has 0 aliphatic carbocycles. The van der Waals surface area contributed by atoms with Gasteiger partial charge in [0.25, 0.3) is 11.8 Å². The summed E-state index contributed by atoms with van der Waals surface area (Å²) in [5.41, 5.74) is 5.71. The second-order valence-electron chi connectivity index (χ2n) is 8.76. The quantitative estimate of drug-likeness (QED) is 0.337. The molecule has 0 unspecified atom stereocenters. The number of hydrazine groups is 1. The van der Waals surface area contributed by atoms with E-state index in [0.29, 0.717) is 13.1 Å². The van der Waals surface area contributed by atoms with E-state index in [1.165, 1.54) is 11.1 Å². The Hall–Kier alpha value is -4.02. The summed E-state index contributed by atoms with van der Waals surface area (Å²) < 4.78 is 0. The van der Waals surface area contributed by atoms with Crippen LogP contribution in [0.3, 0.4) is 0 Å². The first-order chi connectivity index (χ1) is 17.4. The number of aromatic amines is 1. The molecule has 3 aromatic rings. The summed E-state index contributed by atoms with van der Waals surface area (Å²) in [7, 11) is 0. The number of benzene rings is 2. The number of amides is 2. The molecule has 2 heterocycles. The highest BCUT2D eigenvalue weighted by Gasteiger charge is 2.24. The molecule has 188 valence electrons. The number of aliphatic hydroxyl groups excluding tert-OH is 1. The highest BCUT2D eigenvalue weighted by atomic mass is 16.4. The third-order valence-corrected chi connectivity index (χ3v) is 6.06. The van der Waals surface area contributed by atoms with Crippen LogP contribution < -0.4 is 5.43 Å². The van der Waals surface area contributed by atoms with Gasteiger partial charge in [-0.15, -0.1) is 0 Å². The number of aliphatic carboxylic acids is 1. The second kappa shape index (κ2) is 11.6. The molecule has 1 aliphatic rings. The average molecular weight is 492 g/mol. The lowest BCUT2D eigenvalue weighted by molar-refractivity contribution is -0.148. The van der Waals surface area contributed by atoms with Gasteiger partial charge < -0.3 is 15.1 Å². The summed E-state index contributed by atoms with van der Waals surface area (Å²) in [4.78, 5) is 38.5. The molecule has 0 saturated carbocycles. The molecule has 1 saturated heterocycles. The SMILES string of the molecule is O=C(NN(Cc1ccc(-c2ccccc2)cc1)C[C@@H](O)C(=O)O)c1cc(C(=O)N2CCCCC2)n[nH]1. The predicted molar refractivity (Wildman–Crippen MR) is 132 cm³/mol. The van der Waals surface area contributed by atoms with E-state index in [0.717, 1.165) is 36.0 Å². The number of carboxylic acids is 1. The number of hydrogen-bond donors (Lipinski definition) is 4. The number of carbonyl (C=O) groups excluding carboxylic acids is 2. The van der Waals surface area contributed by atoms with Crippen LogP contribution in [-0.4, -0.2) is 73.8 Å². The number of piperidine rings is 1. The number of carbonyl (C=O) groups is 3. The van der Waals surface area contributed by atoms with Crippen LogP contribution in [0.25, 0.3) is 11.1 Å². The van der Waals surface area contributed by atoms with Gasteiger partial charge in [-0.05, 0) is 36.0 Å². The molecule has 4 rings (SSSR count). The van der Waals surface area contributed by atoms with Crippen LogP contribution in [0.2, 0.25) is 0 Å². The largest absolute Gasteiger partial charge is 0.479 e. The maximum absolute atomic E-state index is 12.9. The van der Waals surface area contributed by atoms with Gasteiger partial charge in [0.15, 0.2) is 11.8 Å². The molecule has 2 amide bonds. The van der Waals surface area contributed by atoms with Crippen LogP contribution in [0.15, 0.2) is 60.7 Å². The summed E-state index contributed by atoms with van der Waals surface area (Å²) in [6.07, 6.45) is 1.27. The molecule has 36 heavy (non-hydrogen) atoms. The van der Waals surface area contributed by atoms with Crippen molar-refractivity contribution in [2.24, 2.45) is 0 Å². The number of likely N-dealkylation sites (tertiary alicyclic amines) is 1. The second-order valence-corrected chi connectivity index (χ2v) is 8.76. The first-order valence-corrected chi connectivity index (χ1v) is 11.9. The molecule has 0 spiro atoms. The highest BCUT2D eigenvalue weighted by Crippen LogP contribution is 2.20. The lowest BCUT2D eigenvalue weighted by atomic mass is 10.0. The molecule has 10 heteroatoms. The fourth-order valence-corrected chi connectivity index (χ4v) is 4.10. The molecule has 1 fully saturated rings. The van der Waals surface area contributed by atoms with Gasteiger partial charge >= 0.3 is 5.97 Å². The number of nitrogens with zero attached hydrogens (tertiary/aromatic N) is 3. The van der Waals surface area contributed by atoms with E-state index >= 15 is 0 Å². The molecule has 2 aromatic carbocycles. The van der Waals surface area contributed by atoms with Gasteiger partial charge in [0.2, 0.25) is 0 Å². The van der Waals surface area contributed by atoms with Crippen molar-refractivity contribution in [3.8, 4) is 11.1 Å². The topological polar surface area (TPSA) is 139 Å². The van der Waals surface area contributed by atoms with Crippen molar-refractivity contribution in [2.45, 2.75) is 31.9 Å². The Labute approximate surface area is 208 Å². The Kier molecular flexibility index (Phi) is 8.09. The normalized spacial score (nSPS) is 14.4. The summed E-state index contributed by atoms with van der Waals surface area (Å²) >= 11 is 0. The minimum Gasteiger partial charge on any atom is -0.479 e. The van der Waals surface area contributed by atoms with E-state index in [2.05, 4.69) is 15.6 Å². The van der Waals surface area contributed by atoms with Crippen LogP contribution >= 0.6 is 0 Å². The van der Waals surface area contributed by atoms with Gasteiger partial charge in [-0.2, -0.15) is 5.10 Å². The molecule has 0 radical (unpaired) electrons. The minimum absolute atomic E-state index is 0.0598. The maximum Gasteiger partial charge on any atom is 0.333 e. The van der Waals surface area contributed by atoms with Crippen LogP contribution in [0.4, 0.5) is 0 Å². The van der Waals surface area contributed by atoms with Crippen molar-refractivity contribution in [3.05, 3.63) is 77.6 Å². The van der Waals surface area contributed by atoms with Crippen molar-refractivity contribution in [1.82, 2.24) is 25.5 Å². The van der Waals surface area contributed by atoms with Crippen molar-refractivity contribution in [2.75, 3.05) is 19.6 Å². The van der Waals surface area contributed by atoms with E-state index in [9.17, 15) is 19.5 Å². The maximum atomic E-state index is 12.9. The molecule has 1 aliphatic heterocycles. The molecule has 4 N–H and O–H groups in total. The van der Waals surface area contributed by atoms with Crippen LogP contribution in [0.5, 0.6) is 0 Å². The highest BCUT2D eigenvalue weighted by molar-refractivity contribution is 5.97. The Bertz CT molecular complexity index is 1190. The number of nitrogens with one attached hydrogen (secondary N) is 2. The van der Waals surface area contributed by atoms with Gasteiger partial charge in [-0.3, -0.25) is 20.1 Å². The third kappa shape index (κ3) is 6.35. The number of aliphatic hydroxyl groups is 1. The van der Waals surface area contributed by atoms with Gasteiger partial charge in [0, 0.05) is 25.7 Å².